The smallest absolute Gasteiger partial charge is 0.338 e. The first kappa shape index (κ1) is 13.2. The van der Waals surface area contributed by atoms with Crippen molar-refractivity contribution in [3.8, 4) is 11.4 Å². The van der Waals surface area contributed by atoms with Gasteiger partial charge in [0.1, 0.15) is 28.8 Å². The molecule has 3 aromatic rings. The number of nitrogens with zero attached hydrogens (tertiary/aromatic N) is 1. The van der Waals surface area contributed by atoms with E-state index in [2.05, 4.69) is 9.97 Å². The van der Waals surface area contributed by atoms with Gasteiger partial charge in [-0.05, 0) is 30.3 Å². The average molecular weight is 292 g/mol. The number of aromatic amines is 1. The molecule has 0 saturated carbocycles. The fourth-order valence-electron chi connectivity index (χ4n) is 2.05. The Labute approximate surface area is 115 Å². The Kier molecular flexibility index (Phi) is 2.90. The number of halogens is 3. The van der Waals surface area contributed by atoms with Gasteiger partial charge in [0.25, 0.3) is 0 Å². The van der Waals surface area contributed by atoms with Crippen LogP contribution in [-0.4, -0.2) is 21.0 Å². The van der Waals surface area contributed by atoms with Crippen molar-refractivity contribution in [1.29, 1.82) is 0 Å². The molecule has 21 heavy (non-hydrogen) atoms. The molecule has 0 radical (unpaired) electrons. The third kappa shape index (κ3) is 2.22. The van der Waals surface area contributed by atoms with E-state index in [0.29, 0.717) is 0 Å². The van der Waals surface area contributed by atoms with Crippen molar-refractivity contribution in [3.05, 3.63) is 53.3 Å². The second kappa shape index (κ2) is 4.62. The molecule has 0 aliphatic heterocycles. The molecule has 0 fully saturated rings. The van der Waals surface area contributed by atoms with Gasteiger partial charge < -0.3 is 10.1 Å². The van der Waals surface area contributed by atoms with Crippen LogP contribution in [0.1, 0.15) is 10.4 Å². The number of imidazole rings is 1. The summed E-state index contributed by atoms with van der Waals surface area (Å²) >= 11 is 0. The van der Waals surface area contributed by atoms with E-state index in [0.717, 1.165) is 30.3 Å². The maximum absolute atomic E-state index is 13.7. The number of carbonyl (C=O) groups is 1. The summed E-state index contributed by atoms with van der Waals surface area (Å²) in [5.74, 6) is -3.61. The summed E-state index contributed by atoms with van der Waals surface area (Å²) in [6.07, 6.45) is 0. The number of fused-ring (bicyclic) bond motifs is 1. The second-order valence-electron chi connectivity index (χ2n) is 4.36. The number of aromatic carboxylic acids is 1. The van der Waals surface area contributed by atoms with Crippen molar-refractivity contribution in [2.45, 2.75) is 0 Å². The lowest BCUT2D eigenvalue weighted by molar-refractivity contribution is 0.0698. The van der Waals surface area contributed by atoms with Crippen LogP contribution in [0.3, 0.4) is 0 Å². The summed E-state index contributed by atoms with van der Waals surface area (Å²) < 4.78 is 40.3. The highest BCUT2D eigenvalue weighted by Crippen LogP contribution is 2.26. The van der Waals surface area contributed by atoms with Crippen molar-refractivity contribution < 1.29 is 23.1 Å². The number of benzene rings is 2. The molecule has 4 nitrogen and oxygen atoms in total. The quantitative estimate of drug-likeness (QED) is 0.761. The van der Waals surface area contributed by atoms with Gasteiger partial charge in [0.05, 0.1) is 16.6 Å². The molecule has 2 aromatic carbocycles. The molecule has 3 rings (SSSR count). The van der Waals surface area contributed by atoms with E-state index in [4.69, 9.17) is 5.11 Å². The summed E-state index contributed by atoms with van der Waals surface area (Å²) in [7, 11) is 0. The van der Waals surface area contributed by atoms with E-state index in [1.807, 2.05) is 0 Å². The minimum absolute atomic E-state index is 0.0254. The van der Waals surface area contributed by atoms with E-state index in [9.17, 15) is 18.0 Å². The summed E-state index contributed by atoms with van der Waals surface area (Å²) in [5.41, 5.74) is -0.458. The van der Waals surface area contributed by atoms with Crippen molar-refractivity contribution in [1.82, 2.24) is 9.97 Å². The van der Waals surface area contributed by atoms with Crippen molar-refractivity contribution in [2.24, 2.45) is 0 Å². The molecule has 0 aliphatic rings. The Morgan fingerprint density at radius 1 is 1.10 bits per heavy atom. The Bertz CT molecular complexity index is 874. The van der Waals surface area contributed by atoms with Gasteiger partial charge in [0.15, 0.2) is 0 Å². The van der Waals surface area contributed by atoms with Crippen molar-refractivity contribution in [3.63, 3.8) is 0 Å². The molecule has 0 aliphatic carbocycles. The fraction of sp³-hybridized carbons (Fsp3) is 0. The Hall–Kier alpha value is -2.83. The predicted molar refractivity (Wildman–Crippen MR) is 68.4 cm³/mol. The van der Waals surface area contributed by atoms with Crippen LogP contribution in [0, 0.1) is 17.5 Å². The molecule has 1 heterocycles. The maximum atomic E-state index is 13.7. The summed E-state index contributed by atoms with van der Waals surface area (Å²) in [5, 5.41) is 9.03. The first-order chi connectivity index (χ1) is 9.95. The van der Waals surface area contributed by atoms with Gasteiger partial charge in [-0.15, -0.1) is 0 Å². The monoisotopic (exact) mass is 292 g/mol. The minimum atomic E-state index is -1.36. The Morgan fingerprint density at radius 2 is 1.86 bits per heavy atom. The molecular formula is C14H7F3N2O2. The SMILES string of the molecule is O=C(O)c1cc(F)cc2[nH]c(-c3cc(F)ccc3F)nc12. The predicted octanol–water partition coefficient (Wildman–Crippen LogP) is 3.35. The van der Waals surface area contributed by atoms with Crippen LogP contribution in [0.5, 0.6) is 0 Å². The molecule has 0 bridgehead atoms. The van der Waals surface area contributed by atoms with Crippen LogP contribution in [0.4, 0.5) is 13.2 Å². The molecule has 1 aromatic heterocycles. The van der Waals surface area contributed by atoms with Gasteiger partial charge in [-0.3, -0.25) is 0 Å². The Balaban J connectivity index is 2.28. The zero-order valence-corrected chi connectivity index (χ0v) is 10.3. The molecule has 0 amide bonds. The lowest BCUT2D eigenvalue weighted by Crippen LogP contribution is -1.98. The largest absolute Gasteiger partial charge is 0.478 e. The van der Waals surface area contributed by atoms with E-state index in [1.54, 1.807) is 0 Å². The average Bonchev–Trinajstić information content (AvgIpc) is 2.83. The lowest BCUT2D eigenvalue weighted by atomic mass is 10.2. The highest BCUT2D eigenvalue weighted by Gasteiger charge is 2.17. The van der Waals surface area contributed by atoms with E-state index < -0.39 is 23.4 Å². The first-order valence-electron chi connectivity index (χ1n) is 5.83. The number of H-pyrrole nitrogens is 1. The standard InChI is InChI=1S/C14H7F3N2O2/c15-6-1-2-10(17)8(3-6)13-18-11-5-7(16)4-9(14(20)21)12(11)19-13/h1-5H,(H,18,19)(H,20,21). The number of aromatic nitrogens is 2. The molecule has 2 N–H and O–H groups in total. The van der Waals surface area contributed by atoms with Crippen LogP contribution in [0.2, 0.25) is 0 Å². The minimum Gasteiger partial charge on any atom is -0.478 e. The topological polar surface area (TPSA) is 66.0 Å². The third-order valence-corrected chi connectivity index (χ3v) is 2.97. The van der Waals surface area contributed by atoms with Crippen LogP contribution < -0.4 is 0 Å². The van der Waals surface area contributed by atoms with Gasteiger partial charge >= 0.3 is 5.97 Å². The molecule has 7 heteroatoms. The number of carboxylic acid groups (broad SMARTS) is 1. The van der Waals surface area contributed by atoms with E-state index in [-0.39, 0.29) is 28.0 Å². The number of rotatable bonds is 2. The van der Waals surface area contributed by atoms with E-state index >= 15 is 0 Å². The van der Waals surface area contributed by atoms with Crippen molar-refractivity contribution in [2.75, 3.05) is 0 Å². The summed E-state index contributed by atoms with van der Waals surface area (Å²) in [6.45, 7) is 0. The van der Waals surface area contributed by atoms with Crippen LogP contribution in [-0.2, 0) is 0 Å². The number of hydrogen-bond acceptors (Lipinski definition) is 2. The summed E-state index contributed by atoms with van der Waals surface area (Å²) in [4.78, 5) is 17.6. The van der Waals surface area contributed by atoms with Gasteiger partial charge in [-0.25, -0.2) is 22.9 Å². The van der Waals surface area contributed by atoms with Crippen molar-refractivity contribution >= 4 is 17.0 Å². The number of carboxylic acids is 1. The molecule has 106 valence electrons. The fourth-order valence-corrected chi connectivity index (χ4v) is 2.05. The maximum Gasteiger partial charge on any atom is 0.338 e. The molecule has 0 spiro atoms. The lowest BCUT2D eigenvalue weighted by Gasteiger charge is -1.98. The van der Waals surface area contributed by atoms with Crippen LogP contribution in [0.15, 0.2) is 30.3 Å². The zero-order chi connectivity index (χ0) is 15.1. The van der Waals surface area contributed by atoms with Gasteiger partial charge in [-0.1, -0.05) is 0 Å². The highest BCUT2D eigenvalue weighted by atomic mass is 19.1. The highest BCUT2D eigenvalue weighted by molar-refractivity contribution is 6.01. The summed E-state index contributed by atoms with van der Waals surface area (Å²) in [6, 6.07) is 4.65. The molecular weight excluding hydrogens is 285 g/mol. The van der Waals surface area contributed by atoms with Gasteiger partial charge in [0, 0.05) is 0 Å². The zero-order valence-electron chi connectivity index (χ0n) is 10.3. The van der Waals surface area contributed by atoms with Gasteiger partial charge in [-0.2, -0.15) is 0 Å². The number of hydrogen-bond donors (Lipinski definition) is 2. The van der Waals surface area contributed by atoms with Crippen LogP contribution in [0.25, 0.3) is 22.4 Å². The number of nitrogens with one attached hydrogen (secondary N) is 1. The second-order valence-corrected chi connectivity index (χ2v) is 4.36. The molecule has 0 saturated heterocycles. The van der Waals surface area contributed by atoms with E-state index in [1.165, 1.54) is 0 Å². The Morgan fingerprint density at radius 3 is 2.57 bits per heavy atom. The third-order valence-electron chi connectivity index (χ3n) is 2.97. The molecule has 0 unspecified atom stereocenters. The first-order valence-corrected chi connectivity index (χ1v) is 5.83. The molecule has 0 atom stereocenters. The van der Waals surface area contributed by atoms with Gasteiger partial charge in [0.2, 0.25) is 0 Å². The van der Waals surface area contributed by atoms with Crippen LogP contribution >= 0.6 is 0 Å². The normalized spacial score (nSPS) is 11.0.